The Kier molecular flexibility index (Phi) is 9.54. The zero-order valence-electron chi connectivity index (χ0n) is 31.0. The number of nitrogens with zero attached hydrogens (tertiary/aromatic N) is 2. The largest absolute Gasteiger partial charge is 0 e. The molecule has 0 saturated heterocycles. The fourth-order valence-corrected chi connectivity index (χ4v) is 9.31. The van der Waals surface area contributed by atoms with Gasteiger partial charge in [0.25, 0.3) is 0 Å². The first-order valence-corrected chi connectivity index (χ1v) is 27.4. The van der Waals surface area contributed by atoms with Crippen LogP contribution in [0.4, 0.5) is 4.39 Å². The van der Waals surface area contributed by atoms with Gasteiger partial charge in [-0.2, -0.15) is 0 Å². The number of rotatable bonds is 5. The van der Waals surface area contributed by atoms with Crippen molar-refractivity contribution in [2.45, 2.75) is 42.9 Å². The van der Waals surface area contributed by atoms with E-state index in [4.69, 9.17) is 7.16 Å². The van der Waals surface area contributed by atoms with Crippen LogP contribution in [-0.4, -0.2) is 31.3 Å². The van der Waals surface area contributed by atoms with Gasteiger partial charge in [-0.25, -0.2) is 0 Å². The minimum Gasteiger partial charge on any atom is 0 e. The fraction of sp³-hybridized carbons (Fsp3) is 0.163. The van der Waals surface area contributed by atoms with Gasteiger partial charge in [0.15, 0.2) is 0 Å². The predicted octanol–water partition coefficient (Wildman–Crippen LogP) is 11.4. The summed E-state index contributed by atoms with van der Waals surface area (Å²) in [5.74, 6) is 5.36. The maximum atomic E-state index is 12.8. The maximum absolute atomic E-state index is 12.8. The Hall–Kier alpha value is -3.94. The van der Waals surface area contributed by atoms with Gasteiger partial charge in [-0.05, 0) is 33.9 Å². The molecule has 0 spiro atoms. The summed E-state index contributed by atoms with van der Waals surface area (Å²) in [7, 11) is -2.11. The fourth-order valence-electron chi connectivity index (χ4n) is 6.12. The van der Waals surface area contributed by atoms with E-state index in [9.17, 15) is 4.39 Å². The second kappa shape index (κ2) is 14.4. The molecule has 0 N–H and O–H groups in total. The number of hydrogen-bond acceptors (Lipinski definition) is 3. The second-order valence-electron chi connectivity index (χ2n) is 14.4. The molecule has 0 bridgehead atoms. The van der Waals surface area contributed by atoms with Crippen LogP contribution in [-0.2, 0) is 26.1 Å². The standard InChI is InChI=1S/C29H24NOSi.C14H15FGeN.Ir/c1-32(2,3)18-19-15-16-30-26(17-19)25-10-6-9-23-24-14-13-21-12-11-20-7-4-5-8-22(20)27(21)29(24)31-28(23)25;1-16(2,3)13-8-9-14(17-10-13)11-4-6-12(15)7-5-11;/h4-9,11-17H,18H2,1-3H3;4,6-10H,1-3H3;/q2*-1;/i18D2;;. The number of fused-ring (bicyclic) bond motifs is 7. The molecule has 0 amide bonds. The van der Waals surface area contributed by atoms with Crippen LogP contribution in [0.3, 0.4) is 0 Å². The Morgan fingerprint density at radius 2 is 1.54 bits per heavy atom. The van der Waals surface area contributed by atoms with E-state index in [2.05, 4.69) is 114 Å². The summed E-state index contributed by atoms with van der Waals surface area (Å²) >= 11 is -1.79. The number of aromatic nitrogens is 2. The van der Waals surface area contributed by atoms with Crippen molar-refractivity contribution in [2.75, 3.05) is 0 Å². The zero-order valence-corrected chi connectivity index (χ0v) is 34.5. The van der Waals surface area contributed by atoms with E-state index < -0.39 is 27.3 Å². The second-order valence-corrected chi connectivity index (χ2v) is 29.8. The third-order valence-corrected chi connectivity index (χ3v) is 13.8. The van der Waals surface area contributed by atoms with Gasteiger partial charge in [0.05, 0.1) is 5.58 Å². The van der Waals surface area contributed by atoms with Crippen molar-refractivity contribution in [2.24, 2.45) is 0 Å². The zero-order chi connectivity index (χ0) is 36.1. The number of benzene rings is 5. The van der Waals surface area contributed by atoms with E-state index in [1.165, 1.54) is 27.3 Å². The Morgan fingerprint density at radius 3 is 2.26 bits per heavy atom. The Labute approximate surface area is 313 Å². The number of halogens is 1. The SMILES string of the molecule is [2H]C([2H])(c1ccnc(-c2[c-]ccc3c2oc2c3ccc3ccc4ccccc4c32)c1)[Si](C)(C)C.[CH3][Ge]([CH3])([CH3])[c]1ccc(-c2[c-]cc(F)cc2)nc1.[Ir]. The molecular formula is C43H39FGeIrN2OSi-2. The molecule has 7 heteroatoms. The van der Waals surface area contributed by atoms with E-state index in [1.807, 2.05) is 30.5 Å². The molecule has 0 fully saturated rings. The molecular weight excluding hydrogens is 872 g/mol. The van der Waals surface area contributed by atoms with Crippen molar-refractivity contribution in [1.29, 1.82) is 0 Å². The molecule has 0 aliphatic rings. The monoisotopic (exact) mass is 915 g/mol. The molecule has 5 aromatic carbocycles. The summed E-state index contributed by atoms with van der Waals surface area (Å²) in [6.07, 6.45) is 3.65. The normalized spacial score (nSPS) is 12.7. The van der Waals surface area contributed by atoms with Crippen LogP contribution in [0.1, 0.15) is 8.30 Å². The molecule has 0 unspecified atom stereocenters. The molecule has 0 atom stereocenters. The van der Waals surface area contributed by atoms with Crippen LogP contribution in [0.15, 0.2) is 120 Å². The third-order valence-electron chi connectivity index (χ3n) is 8.52. The van der Waals surface area contributed by atoms with E-state index in [0.717, 1.165) is 49.5 Å². The Morgan fingerprint density at radius 1 is 0.780 bits per heavy atom. The molecule has 3 heterocycles. The van der Waals surface area contributed by atoms with Crippen LogP contribution in [0.2, 0.25) is 36.9 Å². The van der Waals surface area contributed by atoms with Crippen LogP contribution in [0.5, 0.6) is 0 Å². The molecule has 253 valence electrons. The molecule has 0 aliphatic heterocycles. The molecule has 8 rings (SSSR count). The van der Waals surface area contributed by atoms with Gasteiger partial charge in [-0.1, -0.05) is 90.8 Å². The van der Waals surface area contributed by atoms with Gasteiger partial charge in [0.1, 0.15) is 5.58 Å². The van der Waals surface area contributed by atoms with Gasteiger partial charge < -0.3 is 9.40 Å². The topological polar surface area (TPSA) is 38.9 Å². The summed E-state index contributed by atoms with van der Waals surface area (Å²) < 4.78 is 38.3. The third kappa shape index (κ3) is 7.54. The Bertz CT molecular complexity index is 2540. The summed E-state index contributed by atoms with van der Waals surface area (Å²) in [6.45, 7) is 6.15. The van der Waals surface area contributed by atoms with Gasteiger partial charge in [-0.15, -0.1) is 18.2 Å². The van der Waals surface area contributed by atoms with Gasteiger partial charge in [0.2, 0.25) is 0 Å². The van der Waals surface area contributed by atoms with Crippen molar-refractivity contribution >= 4 is 69.2 Å². The van der Waals surface area contributed by atoms with Crippen LogP contribution >= 0.6 is 0 Å². The van der Waals surface area contributed by atoms with Crippen LogP contribution < -0.4 is 4.40 Å². The van der Waals surface area contributed by atoms with E-state index in [1.54, 1.807) is 18.3 Å². The van der Waals surface area contributed by atoms with Crippen molar-refractivity contribution < 1.29 is 31.7 Å². The van der Waals surface area contributed by atoms with Crippen LogP contribution in [0, 0.1) is 17.9 Å². The average Bonchev–Trinajstić information content (AvgIpc) is 3.50. The first-order chi connectivity index (χ1) is 24.2. The molecule has 0 aliphatic carbocycles. The van der Waals surface area contributed by atoms with Gasteiger partial charge in [-0.3, -0.25) is 0 Å². The molecule has 3 aromatic heterocycles. The van der Waals surface area contributed by atoms with Crippen molar-refractivity contribution in [3.05, 3.63) is 139 Å². The quantitative estimate of drug-likeness (QED) is 0.0981. The van der Waals surface area contributed by atoms with Gasteiger partial charge >= 0.3 is 104 Å². The van der Waals surface area contributed by atoms with Crippen molar-refractivity contribution in [3.63, 3.8) is 0 Å². The minimum atomic E-state index is -2.11. The number of pyridine rings is 2. The summed E-state index contributed by atoms with van der Waals surface area (Å²) in [5, 5.41) is 6.66. The summed E-state index contributed by atoms with van der Waals surface area (Å²) in [5.41, 5.74) is 5.37. The van der Waals surface area contributed by atoms with E-state index in [0.29, 0.717) is 11.3 Å². The molecule has 50 heavy (non-hydrogen) atoms. The van der Waals surface area contributed by atoms with Crippen molar-refractivity contribution in [1.82, 2.24) is 9.97 Å². The molecule has 1 radical (unpaired) electrons. The smallest absolute Gasteiger partial charge is 0 e. The average molecular weight is 914 g/mol. The van der Waals surface area contributed by atoms with E-state index in [-0.39, 0.29) is 25.9 Å². The van der Waals surface area contributed by atoms with Crippen molar-refractivity contribution in [3.8, 4) is 22.5 Å². The van der Waals surface area contributed by atoms with Crippen LogP contribution in [0.25, 0.3) is 66.0 Å². The number of furan rings is 1. The maximum Gasteiger partial charge on any atom is 0 e. The molecule has 3 nitrogen and oxygen atoms in total. The first-order valence-electron chi connectivity index (χ1n) is 17.5. The Balaban J connectivity index is 0.000000218. The minimum absolute atomic E-state index is 0. The summed E-state index contributed by atoms with van der Waals surface area (Å²) in [6, 6.07) is 39.4. The number of hydrogen-bond donors (Lipinski definition) is 0. The first kappa shape index (κ1) is 33.2. The van der Waals surface area contributed by atoms with E-state index >= 15 is 0 Å². The summed E-state index contributed by atoms with van der Waals surface area (Å²) in [4.78, 5) is 9.03. The predicted molar refractivity (Wildman–Crippen MR) is 209 cm³/mol. The molecule has 8 aromatic rings. The molecule has 0 saturated carbocycles. The van der Waals surface area contributed by atoms with Gasteiger partial charge in [0, 0.05) is 47.9 Å².